The summed E-state index contributed by atoms with van der Waals surface area (Å²) >= 11 is 0. The van der Waals surface area contributed by atoms with Gasteiger partial charge >= 0.3 is 0 Å². The van der Waals surface area contributed by atoms with Crippen LogP contribution >= 0.6 is 0 Å². The molecular formula is C23H31N3O3. The summed E-state index contributed by atoms with van der Waals surface area (Å²) in [5, 5.41) is 7.35. The third kappa shape index (κ3) is 5.18. The molecule has 0 bridgehead atoms. The first-order valence-corrected chi connectivity index (χ1v) is 10.8. The lowest BCUT2D eigenvalue weighted by Gasteiger charge is -2.31. The Labute approximate surface area is 172 Å². The molecule has 4 rings (SSSR count). The second-order valence-electron chi connectivity index (χ2n) is 8.35. The predicted octanol–water partition coefficient (Wildman–Crippen LogP) is 4.13. The van der Waals surface area contributed by atoms with Crippen LogP contribution in [0.1, 0.15) is 72.7 Å². The van der Waals surface area contributed by atoms with Gasteiger partial charge in [0.05, 0.1) is 12.8 Å². The topological polar surface area (TPSA) is 67.6 Å². The normalized spacial score (nSPS) is 21.1. The Balaban J connectivity index is 1.35. The van der Waals surface area contributed by atoms with E-state index in [1.165, 1.54) is 24.8 Å². The second kappa shape index (κ2) is 9.44. The van der Waals surface area contributed by atoms with Crippen molar-refractivity contribution in [1.82, 2.24) is 15.4 Å². The molecule has 2 fully saturated rings. The molecule has 29 heavy (non-hydrogen) atoms. The Bertz CT molecular complexity index is 813. The fourth-order valence-electron chi connectivity index (χ4n) is 4.56. The minimum Gasteiger partial charge on any atom is -0.497 e. The van der Waals surface area contributed by atoms with Crippen LogP contribution in [0.15, 0.2) is 34.9 Å². The zero-order valence-electron chi connectivity index (χ0n) is 17.2. The van der Waals surface area contributed by atoms with Gasteiger partial charge < -0.3 is 14.6 Å². The molecular weight excluding hydrogens is 366 g/mol. The highest BCUT2D eigenvalue weighted by Gasteiger charge is 2.26. The van der Waals surface area contributed by atoms with Crippen molar-refractivity contribution in [3.8, 4) is 5.75 Å². The summed E-state index contributed by atoms with van der Waals surface area (Å²) in [4.78, 5) is 15.0. The summed E-state index contributed by atoms with van der Waals surface area (Å²) in [5.41, 5.74) is 2.15. The molecule has 1 atom stereocenters. The van der Waals surface area contributed by atoms with Crippen LogP contribution in [0.25, 0.3) is 0 Å². The first-order valence-electron chi connectivity index (χ1n) is 10.8. The molecule has 0 spiro atoms. The molecule has 2 aromatic rings. The van der Waals surface area contributed by atoms with Crippen molar-refractivity contribution in [2.24, 2.45) is 0 Å². The average Bonchev–Trinajstić information content (AvgIpc) is 3.25. The lowest BCUT2D eigenvalue weighted by Crippen LogP contribution is -2.36. The van der Waals surface area contributed by atoms with Gasteiger partial charge in [0.1, 0.15) is 5.75 Å². The molecule has 1 aliphatic carbocycles. The number of hydrogen-bond donors (Lipinski definition) is 1. The number of aromatic nitrogens is 1. The van der Waals surface area contributed by atoms with E-state index in [9.17, 15) is 4.79 Å². The van der Waals surface area contributed by atoms with Crippen molar-refractivity contribution in [1.29, 1.82) is 0 Å². The molecule has 1 aromatic carbocycles. The van der Waals surface area contributed by atoms with Crippen LogP contribution in [0.4, 0.5) is 0 Å². The van der Waals surface area contributed by atoms with Crippen molar-refractivity contribution >= 4 is 5.91 Å². The summed E-state index contributed by atoms with van der Waals surface area (Å²) in [6.07, 6.45) is 7.97. The smallest absolute Gasteiger partial charge is 0.290 e. The monoisotopic (exact) mass is 397 g/mol. The number of likely N-dealkylation sites (tertiary alicyclic amines) is 1. The third-order valence-electron chi connectivity index (χ3n) is 6.16. The van der Waals surface area contributed by atoms with Crippen LogP contribution < -0.4 is 10.1 Å². The van der Waals surface area contributed by atoms with Gasteiger partial charge in [-0.05, 0) is 49.9 Å². The zero-order valence-corrected chi connectivity index (χ0v) is 17.2. The highest BCUT2D eigenvalue weighted by Crippen LogP contribution is 2.28. The minimum absolute atomic E-state index is 0.125. The SMILES string of the molecule is COc1cccc(CN2CCC[C@@H](c3cc(C(=O)NC4CCCCC4)on3)C2)c1. The lowest BCUT2D eigenvalue weighted by molar-refractivity contribution is 0.0890. The molecule has 2 heterocycles. The van der Waals surface area contributed by atoms with Gasteiger partial charge in [-0.3, -0.25) is 9.69 Å². The van der Waals surface area contributed by atoms with E-state index in [2.05, 4.69) is 27.5 Å². The number of nitrogens with one attached hydrogen (secondary N) is 1. The number of carbonyl (C=O) groups excluding carboxylic acids is 1. The zero-order chi connectivity index (χ0) is 20.1. The molecule has 6 nitrogen and oxygen atoms in total. The number of amides is 1. The van der Waals surface area contributed by atoms with E-state index in [0.717, 1.165) is 56.8 Å². The van der Waals surface area contributed by atoms with Gasteiger partial charge in [-0.2, -0.15) is 0 Å². The van der Waals surface area contributed by atoms with Gasteiger partial charge in [0.2, 0.25) is 5.76 Å². The van der Waals surface area contributed by atoms with Gasteiger partial charge in [-0.15, -0.1) is 0 Å². The molecule has 0 unspecified atom stereocenters. The first kappa shape index (κ1) is 20.0. The Morgan fingerprint density at radius 2 is 2.07 bits per heavy atom. The second-order valence-corrected chi connectivity index (χ2v) is 8.35. The molecule has 1 saturated heterocycles. The van der Waals surface area contributed by atoms with E-state index in [0.29, 0.717) is 11.7 Å². The average molecular weight is 398 g/mol. The summed E-state index contributed by atoms with van der Waals surface area (Å²) in [7, 11) is 1.70. The number of rotatable bonds is 6. The van der Waals surface area contributed by atoms with Gasteiger partial charge in [0.15, 0.2) is 0 Å². The van der Waals surface area contributed by atoms with Crippen LogP contribution in [0.5, 0.6) is 5.75 Å². The van der Waals surface area contributed by atoms with Crippen molar-refractivity contribution in [3.63, 3.8) is 0 Å². The van der Waals surface area contributed by atoms with Crippen molar-refractivity contribution in [3.05, 3.63) is 47.3 Å². The van der Waals surface area contributed by atoms with Crippen LogP contribution in [-0.2, 0) is 6.54 Å². The fourth-order valence-corrected chi connectivity index (χ4v) is 4.56. The van der Waals surface area contributed by atoms with Crippen LogP contribution in [0.2, 0.25) is 0 Å². The number of methoxy groups -OCH3 is 1. The largest absolute Gasteiger partial charge is 0.497 e. The summed E-state index contributed by atoms with van der Waals surface area (Å²) in [6.45, 7) is 2.88. The Morgan fingerprint density at radius 3 is 2.90 bits per heavy atom. The van der Waals surface area contributed by atoms with E-state index in [4.69, 9.17) is 9.26 Å². The molecule has 1 aliphatic heterocycles. The Kier molecular flexibility index (Phi) is 6.49. The van der Waals surface area contributed by atoms with Gasteiger partial charge in [-0.25, -0.2) is 0 Å². The van der Waals surface area contributed by atoms with Crippen molar-refractivity contribution < 1.29 is 14.1 Å². The predicted molar refractivity (Wildman–Crippen MR) is 111 cm³/mol. The summed E-state index contributed by atoms with van der Waals surface area (Å²) < 4.78 is 10.7. The fraction of sp³-hybridized carbons (Fsp3) is 0.565. The maximum Gasteiger partial charge on any atom is 0.290 e. The quantitative estimate of drug-likeness (QED) is 0.794. The molecule has 156 valence electrons. The molecule has 1 N–H and O–H groups in total. The van der Waals surface area contributed by atoms with Crippen molar-refractivity contribution in [2.45, 2.75) is 63.5 Å². The standard InChI is InChI=1S/C23H31N3O3/c1-28-20-11-5-7-17(13-20)15-26-12-6-8-18(16-26)21-14-22(29-25-21)23(27)24-19-9-3-2-4-10-19/h5,7,11,13-14,18-19H,2-4,6,8-10,12,15-16H2,1H3,(H,24,27)/t18-/m1/s1. The van der Waals surface area contributed by atoms with Gasteiger partial charge in [-0.1, -0.05) is 36.6 Å². The van der Waals surface area contributed by atoms with E-state index in [-0.39, 0.29) is 11.9 Å². The number of carbonyl (C=O) groups is 1. The molecule has 2 aliphatic rings. The van der Waals surface area contributed by atoms with E-state index in [1.807, 2.05) is 18.2 Å². The number of hydrogen-bond acceptors (Lipinski definition) is 5. The van der Waals surface area contributed by atoms with Gasteiger partial charge in [0.25, 0.3) is 5.91 Å². The maximum absolute atomic E-state index is 12.5. The first-order chi connectivity index (χ1) is 14.2. The van der Waals surface area contributed by atoms with Gasteiger partial charge in [0, 0.05) is 31.1 Å². The van der Waals surface area contributed by atoms with E-state index < -0.39 is 0 Å². The van der Waals surface area contributed by atoms with E-state index in [1.54, 1.807) is 7.11 Å². The van der Waals surface area contributed by atoms with Crippen LogP contribution in [0, 0.1) is 0 Å². The van der Waals surface area contributed by atoms with Crippen LogP contribution in [0.3, 0.4) is 0 Å². The maximum atomic E-state index is 12.5. The highest BCUT2D eigenvalue weighted by atomic mass is 16.5. The number of ether oxygens (including phenoxy) is 1. The Morgan fingerprint density at radius 1 is 1.21 bits per heavy atom. The molecule has 1 amide bonds. The minimum atomic E-state index is -0.125. The molecule has 1 saturated carbocycles. The van der Waals surface area contributed by atoms with Crippen LogP contribution in [-0.4, -0.2) is 42.2 Å². The Hall–Kier alpha value is -2.34. The number of nitrogens with zero attached hydrogens (tertiary/aromatic N) is 2. The molecule has 6 heteroatoms. The highest BCUT2D eigenvalue weighted by molar-refractivity contribution is 5.91. The van der Waals surface area contributed by atoms with Crippen molar-refractivity contribution in [2.75, 3.05) is 20.2 Å². The number of piperidine rings is 1. The summed E-state index contributed by atoms with van der Waals surface area (Å²) in [5.74, 6) is 1.41. The molecule has 0 radical (unpaired) electrons. The molecule has 1 aromatic heterocycles. The van der Waals surface area contributed by atoms with E-state index >= 15 is 0 Å². The summed E-state index contributed by atoms with van der Waals surface area (Å²) in [6, 6.07) is 10.3. The number of benzene rings is 1. The lowest BCUT2D eigenvalue weighted by atomic mass is 9.94. The third-order valence-corrected chi connectivity index (χ3v) is 6.16.